The molecule has 1 aromatic heterocycles. The van der Waals surface area contributed by atoms with Crippen LogP contribution in [-0.4, -0.2) is 54.4 Å². The Hall–Kier alpha value is -2.60. The molecule has 1 aromatic carbocycles. The fourth-order valence-corrected chi connectivity index (χ4v) is 3.00. The largest absolute Gasteiger partial charge is 0.353 e. The first-order valence-electron chi connectivity index (χ1n) is 8.61. The minimum atomic E-state index is -0.551. The van der Waals surface area contributed by atoms with E-state index >= 15 is 0 Å². The van der Waals surface area contributed by atoms with Crippen LogP contribution in [0.15, 0.2) is 48.7 Å². The first kappa shape index (κ1) is 18.2. The van der Waals surface area contributed by atoms with Crippen molar-refractivity contribution in [3.8, 4) is 0 Å². The predicted molar refractivity (Wildman–Crippen MR) is 101 cm³/mol. The topological polar surface area (TPSA) is 65.5 Å². The summed E-state index contributed by atoms with van der Waals surface area (Å²) in [5, 5.41) is 3.38. The molecule has 3 rings (SSSR count). The lowest BCUT2D eigenvalue weighted by atomic mass is 10.1. The molecule has 0 bridgehead atoms. The maximum absolute atomic E-state index is 12.3. The summed E-state index contributed by atoms with van der Waals surface area (Å²) in [4.78, 5) is 32.4. The number of hydrogen-bond donors (Lipinski definition) is 1. The van der Waals surface area contributed by atoms with Gasteiger partial charge in [-0.3, -0.25) is 9.59 Å². The molecule has 1 saturated heterocycles. The molecule has 1 aliphatic heterocycles. The number of carbonyl (C=O) groups is 2. The Balaban J connectivity index is 1.43. The molecule has 6 nitrogen and oxygen atoms in total. The number of carbonyl (C=O) groups excluding carboxylic acids is 2. The Morgan fingerprint density at radius 3 is 2.42 bits per heavy atom. The number of benzene rings is 1. The molecule has 0 saturated carbocycles. The number of amides is 2. The van der Waals surface area contributed by atoms with Crippen LogP contribution in [0.3, 0.4) is 0 Å². The predicted octanol–water partition coefficient (Wildman–Crippen LogP) is 1.74. The summed E-state index contributed by atoms with van der Waals surface area (Å²) in [5.74, 6) is -0.126. The van der Waals surface area contributed by atoms with Crippen LogP contribution in [0.4, 0.5) is 5.82 Å². The van der Waals surface area contributed by atoms with E-state index in [0.29, 0.717) is 44.2 Å². The third-order valence-electron chi connectivity index (χ3n) is 4.35. The molecule has 0 unspecified atom stereocenters. The SMILES string of the molecule is O=C(NCCc1ccc(Cl)cc1)C(=O)N1CCN(c2ccccn2)CC1. The monoisotopic (exact) mass is 372 g/mol. The van der Waals surface area contributed by atoms with E-state index in [1.807, 2.05) is 42.5 Å². The average molecular weight is 373 g/mol. The summed E-state index contributed by atoms with van der Waals surface area (Å²) in [5.41, 5.74) is 1.06. The smallest absolute Gasteiger partial charge is 0.312 e. The number of pyridine rings is 1. The third-order valence-corrected chi connectivity index (χ3v) is 4.60. The van der Waals surface area contributed by atoms with E-state index in [1.54, 1.807) is 11.1 Å². The normalized spacial score (nSPS) is 14.2. The number of nitrogens with one attached hydrogen (secondary N) is 1. The van der Waals surface area contributed by atoms with Crippen LogP contribution >= 0.6 is 11.6 Å². The van der Waals surface area contributed by atoms with Gasteiger partial charge >= 0.3 is 11.8 Å². The van der Waals surface area contributed by atoms with E-state index in [4.69, 9.17) is 11.6 Å². The Morgan fingerprint density at radius 2 is 1.77 bits per heavy atom. The van der Waals surface area contributed by atoms with Gasteiger partial charge < -0.3 is 15.1 Å². The van der Waals surface area contributed by atoms with E-state index in [2.05, 4.69) is 15.2 Å². The van der Waals surface area contributed by atoms with Gasteiger partial charge in [-0.05, 0) is 36.2 Å². The molecule has 26 heavy (non-hydrogen) atoms. The molecule has 0 radical (unpaired) electrons. The lowest BCUT2D eigenvalue weighted by Gasteiger charge is -2.35. The highest BCUT2D eigenvalue weighted by Crippen LogP contribution is 2.12. The molecular weight excluding hydrogens is 352 g/mol. The lowest BCUT2D eigenvalue weighted by molar-refractivity contribution is -0.146. The second-order valence-electron chi connectivity index (χ2n) is 6.10. The van der Waals surface area contributed by atoms with Crippen molar-refractivity contribution in [2.24, 2.45) is 0 Å². The molecule has 0 atom stereocenters. The second kappa shape index (κ2) is 8.67. The Labute approximate surface area is 157 Å². The van der Waals surface area contributed by atoms with Crippen molar-refractivity contribution in [3.05, 3.63) is 59.2 Å². The molecule has 1 aliphatic rings. The molecule has 0 spiro atoms. The van der Waals surface area contributed by atoms with E-state index in [9.17, 15) is 9.59 Å². The highest BCUT2D eigenvalue weighted by molar-refractivity contribution is 6.35. The Kier molecular flexibility index (Phi) is 6.07. The van der Waals surface area contributed by atoms with Gasteiger partial charge in [0.1, 0.15) is 5.82 Å². The van der Waals surface area contributed by atoms with Crippen molar-refractivity contribution in [2.75, 3.05) is 37.6 Å². The molecule has 2 aromatic rings. The number of piperazine rings is 1. The maximum atomic E-state index is 12.3. The number of rotatable bonds is 4. The average Bonchev–Trinajstić information content (AvgIpc) is 2.69. The minimum Gasteiger partial charge on any atom is -0.353 e. The van der Waals surface area contributed by atoms with Gasteiger partial charge in [-0.1, -0.05) is 29.8 Å². The van der Waals surface area contributed by atoms with Gasteiger partial charge in [0, 0.05) is 43.9 Å². The fraction of sp³-hybridized carbons (Fsp3) is 0.316. The summed E-state index contributed by atoms with van der Waals surface area (Å²) in [6, 6.07) is 13.2. The first-order chi connectivity index (χ1) is 12.6. The standard InChI is InChI=1S/C19H21ClN4O2/c20-16-6-4-15(5-7-16)8-10-22-18(25)19(26)24-13-11-23(12-14-24)17-3-1-2-9-21-17/h1-7,9H,8,10-14H2,(H,22,25). The van der Waals surface area contributed by atoms with E-state index in [-0.39, 0.29) is 0 Å². The molecule has 136 valence electrons. The Bertz CT molecular complexity index is 744. The summed E-state index contributed by atoms with van der Waals surface area (Å²) in [7, 11) is 0. The van der Waals surface area contributed by atoms with Gasteiger partial charge in [0.15, 0.2) is 0 Å². The minimum absolute atomic E-state index is 0.417. The number of hydrogen-bond acceptors (Lipinski definition) is 4. The van der Waals surface area contributed by atoms with Crippen molar-refractivity contribution in [3.63, 3.8) is 0 Å². The van der Waals surface area contributed by atoms with E-state index in [0.717, 1.165) is 11.4 Å². The number of halogens is 1. The van der Waals surface area contributed by atoms with Crippen molar-refractivity contribution in [1.29, 1.82) is 0 Å². The van der Waals surface area contributed by atoms with Crippen LogP contribution in [0.1, 0.15) is 5.56 Å². The van der Waals surface area contributed by atoms with Crippen LogP contribution in [0.25, 0.3) is 0 Å². The van der Waals surface area contributed by atoms with E-state index in [1.165, 1.54) is 0 Å². The number of aromatic nitrogens is 1. The molecule has 0 aliphatic carbocycles. The first-order valence-corrected chi connectivity index (χ1v) is 8.99. The lowest BCUT2D eigenvalue weighted by Crippen LogP contribution is -2.53. The summed E-state index contributed by atoms with van der Waals surface area (Å²) >= 11 is 5.85. The highest BCUT2D eigenvalue weighted by atomic mass is 35.5. The second-order valence-corrected chi connectivity index (χ2v) is 6.54. The van der Waals surface area contributed by atoms with Crippen LogP contribution in [0.2, 0.25) is 5.02 Å². The summed E-state index contributed by atoms with van der Waals surface area (Å²) in [6.07, 6.45) is 2.41. The quantitative estimate of drug-likeness (QED) is 0.830. The van der Waals surface area contributed by atoms with Crippen LogP contribution in [0, 0.1) is 0 Å². The summed E-state index contributed by atoms with van der Waals surface area (Å²) in [6.45, 7) is 2.78. The van der Waals surface area contributed by atoms with Gasteiger partial charge in [-0.2, -0.15) is 0 Å². The van der Waals surface area contributed by atoms with Gasteiger partial charge in [-0.25, -0.2) is 4.98 Å². The fourth-order valence-electron chi connectivity index (χ4n) is 2.87. The molecule has 7 heteroatoms. The van der Waals surface area contributed by atoms with Crippen molar-refractivity contribution in [2.45, 2.75) is 6.42 Å². The summed E-state index contributed by atoms with van der Waals surface area (Å²) < 4.78 is 0. The van der Waals surface area contributed by atoms with Crippen molar-refractivity contribution >= 4 is 29.2 Å². The van der Waals surface area contributed by atoms with Crippen molar-refractivity contribution < 1.29 is 9.59 Å². The number of anilines is 1. The molecule has 2 amide bonds. The molecular formula is C19H21ClN4O2. The van der Waals surface area contributed by atoms with Gasteiger partial charge in [0.05, 0.1) is 0 Å². The molecule has 1 N–H and O–H groups in total. The van der Waals surface area contributed by atoms with Gasteiger partial charge in [0.25, 0.3) is 0 Å². The zero-order valence-electron chi connectivity index (χ0n) is 14.4. The molecule has 2 heterocycles. The van der Waals surface area contributed by atoms with Crippen LogP contribution in [0.5, 0.6) is 0 Å². The van der Waals surface area contributed by atoms with Crippen LogP contribution < -0.4 is 10.2 Å². The van der Waals surface area contributed by atoms with E-state index < -0.39 is 11.8 Å². The van der Waals surface area contributed by atoms with Crippen molar-refractivity contribution in [1.82, 2.24) is 15.2 Å². The van der Waals surface area contributed by atoms with Crippen LogP contribution in [-0.2, 0) is 16.0 Å². The Morgan fingerprint density at radius 1 is 1.04 bits per heavy atom. The zero-order chi connectivity index (χ0) is 18.4. The van der Waals surface area contributed by atoms with Gasteiger partial charge in [-0.15, -0.1) is 0 Å². The molecule has 1 fully saturated rings. The van der Waals surface area contributed by atoms with Gasteiger partial charge in [0.2, 0.25) is 0 Å². The zero-order valence-corrected chi connectivity index (χ0v) is 15.2. The maximum Gasteiger partial charge on any atom is 0.312 e. The third kappa shape index (κ3) is 4.73. The highest BCUT2D eigenvalue weighted by Gasteiger charge is 2.26. The number of nitrogens with zero attached hydrogens (tertiary/aromatic N) is 3.